The third-order valence-electron chi connectivity index (χ3n) is 6.17. The molecule has 150 valence electrons. The summed E-state index contributed by atoms with van der Waals surface area (Å²) in [5, 5.41) is 4.00. The zero-order valence-electron chi connectivity index (χ0n) is 17.0. The van der Waals surface area contributed by atoms with Crippen molar-refractivity contribution in [1.82, 2.24) is 15.1 Å². The molecule has 1 N–H and O–H groups in total. The van der Waals surface area contributed by atoms with Gasteiger partial charge in [0.1, 0.15) is 0 Å². The van der Waals surface area contributed by atoms with Crippen LogP contribution < -0.4 is 5.32 Å². The van der Waals surface area contributed by atoms with Crippen LogP contribution in [-0.4, -0.2) is 54.0 Å². The van der Waals surface area contributed by atoms with Crippen LogP contribution in [-0.2, 0) is 4.79 Å². The molecule has 2 atom stereocenters. The minimum atomic E-state index is 0.130. The fraction of sp³-hybridized carbons (Fsp3) is 0.682. The number of halogens is 1. The second-order valence-electron chi connectivity index (χ2n) is 8.47. The molecule has 2 fully saturated rings. The van der Waals surface area contributed by atoms with Gasteiger partial charge in [0.15, 0.2) is 0 Å². The summed E-state index contributed by atoms with van der Waals surface area (Å²) in [7, 11) is 0. The van der Waals surface area contributed by atoms with Gasteiger partial charge in [-0.05, 0) is 63.2 Å². The normalized spacial score (nSPS) is 20.2. The van der Waals surface area contributed by atoms with Gasteiger partial charge in [-0.25, -0.2) is 0 Å². The standard InChI is InChI=1S/C22H34ClN3O/c1-16(2)17(3)26(18-10-11-18)15-22(27)24-14-21(25-12-6-7-13-25)19-8-4-5-9-20(19)23/h4-5,8-9,16-18,21H,6-7,10-15H2,1-3H3,(H,24,27). The first-order chi connectivity index (χ1) is 13.0. The molecule has 1 saturated carbocycles. The van der Waals surface area contributed by atoms with Crippen LogP contribution >= 0.6 is 11.6 Å². The molecule has 27 heavy (non-hydrogen) atoms. The molecule has 1 aliphatic heterocycles. The van der Waals surface area contributed by atoms with E-state index in [4.69, 9.17) is 11.6 Å². The zero-order chi connectivity index (χ0) is 19.4. The maximum absolute atomic E-state index is 12.7. The number of carbonyl (C=O) groups excluding carboxylic acids is 1. The Hall–Kier alpha value is -1.10. The van der Waals surface area contributed by atoms with E-state index in [0.29, 0.717) is 31.1 Å². The first-order valence-corrected chi connectivity index (χ1v) is 10.9. The van der Waals surface area contributed by atoms with E-state index in [1.807, 2.05) is 18.2 Å². The molecule has 1 heterocycles. The van der Waals surface area contributed by atoms with E-state index >= 15 is 0 Å². The van der Waals surface area contributed by atoms with Gasteiger partial charge in [-0.2, -0.15) is 0 Å². The first-order valence-electron chi connectivity index (χ1n) is 10.5. The van der Waals surface area contributed by atoms with Crippen molar-refractivity contribution >= 4 is 17.5 Å². The summed E-state index contributed by atoms with van der Waals surface area (Å²) in [4.78, 5) is 17.6. The Morgan fingerprint density at radius 2 is 1.89 bits per heavy atom. The zero-order valence-corrected chi connectivity index (χ0v) is 17.7. The van der Waals surface area contributed by atoms with E-state index in [9.17, 15) is 4.79 Å². The van der Waals surface area contributed by atoms with Crippen LogP contribution in [0.15, 0.2) is 24.3 Å². The molecule has 0 radical (unpaired) electrons. The number of hydrogen-bond donors (Lipinski definition) is 1. The van der Waals surface area contributed by atoms with E-state index in [0.717, 1.165) is 23.7 Å². The quantitative estimate of drug-likeness (QED) is 0.688. The van der Waals surface area contributed by atoms with E-state index < -0.39 is 0 Å². The smallest absolute Gasteiger partial charge is 0.234 e. The average Bonchev–Trinajstić information content (AvgIpc) is 3.35. The number of nitrogens with zero attached hydrogens (tertiary/aromatic N) is 2. The molecule has 1 aromatic rings. The maximum atomic E-state index is 12.7. The molecule has 1 aromatic carbocycles. The van der Waals surface area contributed by atoms with Crippen molar-refractivity contribution in [3.05, 3.63) is 34.9 Å². The minimum absolute atomic E-state index is 0.130. The molecule has 5 heteroatoms. The Bertz CT molecular complexity index is 626. The molecule has 1 saturated heterocycles. The molecular weight excluding hydrogens is 358 g/mol. The third-order valence-corrected chi connectivity index (χ3v) is 6.51. The van der Waals surface area contributed by atoms with Crippen molar-refractivity contribution in [3.8, 4) is 0 Å². The molecule has 2 aliphatic rings. The second-order valence-corrected chi connectivity index (χ2v) is 8.88. The Balaban J connectivity index is 1.62. The highest BCUT2D eigenvalue weighted by atomic mass is 35.5. The van der Waals surface area contributed by atoms with Crippen LogP contribution in [0.4, 0.5) is 0 Å². The van der Waals surface area contributed by atoms with Gasteiger partial charge in [-0.1, -0.05) is 43.6 Å². The molecule has 0 spiro atoms. The lowest BCUT2D eigenvalue weighted by molar-refractivity contribution is -0.123. The summed E-state index contributed by atoms with van der Waals surface area (Å²) in [6.07, 6.45) is 4.88. The minimum Gasteiger partial charge on any atom is -0.353 e. The fourth-order valence-corrected chi connectivity index (χ4v) is 4.32. The number of likely N-dealkylation sites (tertiary alicyclic amines) is 1. The predicted molar refractivity (Wildman–Crippen MR) is 112 cm³/mol. The predicted octanol–water partition coefficient (Wildman–Crippen LogP) is 4.10. The summed E-state index contributed by atoms with van der Waals surface area (Å²) in [5.74, 6) is 0.685. The maximum Gasteiger partial charge on any atom is 0.234 e. The Morgan fingerprint density at radius 1 is 1.22 bits per heavy atom. The molecule has 4 nitrogen and oxygen atoms in total. The number of carbonyl (C=O) groups is 1. The lowest BCUT2D eigenvalue weighted by atomic mass is 10.0. The average molecular weight is 392 g/mol. The highest BCUT2D eigenvalue weighted by Crippen LogP contribution is 2.31. The van der Waals surface area contributed by atoms with E-state index in [2.05, 4.69) is 42.0 Å². The van der Waals surface area contributed by atoms with Gasteiger partial charge in [0.05, 0.1) is 12.6 Å². The second kappa shape index (κ2) is 9.40. The van der Waals surface area contributed by atoms with Crippen LogP contribution in [0.3, 0.4) is 0 Å². The van der Waals surface area contributed by atoms with Crippen molar-refractivity contribution in [1.29, 1.82) is 0 Å². The Kier molecular flexibility index (Phi) is 7.18. The molecule has 2 unspecified atom stereocenters. The van der Waals surface area contributed by atoms with Gasteiger partial charge >= 0.3 is 0 Å². The van der Waals surface area contributed by atoms with Crippen molar-refractivity contribution in [2.75, 3.05) is 26.2 Å². The van der Waals surface area contributed by atoms with E-state index in [-0.39, 0.29) is 11.9 Å². The largest absolute Gasteiger partial charge is 0.353 e. The monoisotopic (exact) mass is 391 g/mol. The third kappa shape index (κ3) is 5.46. The van der Waals surface area contributed by atoms with E-state index in [1.165, 1.54) is 25.7 Å². The number of rotatable bonds is 9. The number of amides is 1. The number of nitrogens with one attached hydrogen (secondary N) is 1. The molecule has 1 aliphatic carbocycles. The van der Waals surface area contributed by atoms with Gasteiger partial charge in [0.25, 0.3) is 0 Å². The first kappa shape index (κ1) is 20.6. The van der Waals surface area contributed by atoms with Crippen molar-refractivity contribution in [3.63, 3.8) is 0 Å². The molecule has 0 bridgehead atoms. The van der Waals surface area contributed by atoms with E-state index in [1.54, 1.807) is 0 Å². The molecule has 0 aromatic heterocycles. The number of hydrogen-bond acceptors (Lipinski definition) is 3. The van der Waals surface area contributed by atoms with Gasteiger partial charge in [0.2, 0.25) is 5.91 Å². The van der Waals surface area contributed by atoms with Gasteiger partial charge in [0, 0.05) is 23.7 Å². The van der Waals surface area contributed by atoms with Crippen LogP contribution in [0.2, 0.25) is 5.02 Å². The van der Waals surface area contributed by atoms with Crippen molar-refractivity contribution in [2.45, 2.75) is 64.6 Å². The fourth-order valence-electron chi connectivity index (χ4n) is 4.06. The summed E-state index contributed by atoms with van der Waals surface area (Å²) in [5.41, 5.74) is 1.12. The topological polar surface area (TPSA) is 35.6 Å². The van der Waals surface area contributed by atoms with Gasteiger partial charge in [-0.3, -0.25) is 14.6 Å². The van der Waals surface area contributed by atoms with Gasteiger partial charge < -0.3 is 5.32 Å². The summed E-state index contributed by atoms with van der Waals surface area (Å²) < 4.78 is 0. The summed E-state index contributed by atoms with van der Waals surface area (Å²) in [6, 6.07) is 9.21. The van der Waals surface area contributed by atoms with Crippen LogP contribution in [0.25, 0.3) is 0 Å². The van der Waals surface area contributed by atoms with Crippen molar-refractivity contribution < 1.29 is 4.79 Å². The lowest BCUT2D eigenvalue weighted by Crippen LogP contribution is -2.46. The SMILES string of the molecule is CC(C)C(C)N(CC(=O)NCC(c1ccccc1Cl)N1CCCC1)C1CC1. The highest BCUT2D eigenvalue weighted by Gasteiger charge is 2.34. The lowest BCUT2D eigenvalue weighted by Gasteiger charge is -2.32. The summed E-state index contributed by atoms with van der Waals surface area (Å²) in [6.45, 7) is 9.98. The van der Waals surface area contributed by atoms with Crippen molar-refractivity contribution in [2.24, 2.45) is 5.92 Å². The van der Waals surface area contributed by atoms with Crippen LogP contribution in [0.1, 0.15) is 58.1 Å². The Labute approximate surface area is 169 Å². The van der Waals surface area contributed by atoms with Crippen LogP contribution in [0, 0.1) is 5.92 Å². The number of benzene rings is 1. The molecule has 1 amide bonds. The highest BCUT2D eigenvalue weighted by molar-refractivity contribution is 6.31. The van der Waals surface area contributed by atoms with Gasteiger partial charge in [-0.15, -0.1) is 0 Å². The van der Waals surface area contributed by atoms with Crippen LogP contribution in [0.5, 0.6) is 0 Å². The molecular formula is C22H34ClN3O. The Morgan fingerprint density at radius 3 is 2.48 bits per heavy atom. The molecule has 3 rings (SSSR count). The summed E-state index contributed by atoms with van der Waals surface area (Å²) >= 11 is 6.48.